The number of aromatic carboxylic acids is 1. The molecule has 0 bridgehead atoms. The van der Waals surface area contributed by atoms with E-state index in [1.54, 1.807) is 24.3 Å². The minimum atomic E-state index is -1.19. The van der Waals surface area contributed by atoms with Crippen molar-refractivity contribution in [3.8, 4) is 28.2 Å². The normalized spacial score (nSPS) is 12.0. The van der Waals surface area contributed by atoms with Crippen LogP contribution in [0.2, 0.25) is 0 Å². The molecule has 15 heteroatoms. The minimum absolute atomic E-state index is 0.0333. The zero-order chi connectivity index (χ0) is 48.3. The number of aromatic hydroxyl groups is 1. The molecule has 14 nitrogen and oxygen atoms in total. The van der Waals surface area contributed by atoms with Gasteiger partial charge in [0.25, 0.3) is 0 Å². The number of carboxylic acids is 1. The Morgan fingerprint density at radius 2 is 1.38 bits per heavy atom. The molecule has 0 radical (unpaired) electrons. The van der Waals surface area contributed by atoms with Gasteiger partial charge in [-0.1, -0.05) is 92.9 Å². The summed E-state index contributed by atoms with van der Waals surface area (Å²) in [5.41, 5.74) is 3.84. The Morgan fingerprint density at radius 1 is 0.691 bits per heavy atom. The maximum Gasteiger partial charge on any atom is 0.336 e. The summed E-state index contributed by atoms with van der Waals surface area (Å²) in [6, 6.07) is 32.4. The van der Waals surface area contributed by atoms with Crippen LogP contribution in [0.4, 0.5) is 5.69 Å². The van der Waals surface area contributed by atoms with Gasteiger partial charge in [-0.05, 0) is 97.4 Å². The van der Waals surface area contributed by atoms with Gasteiger partial charge in [-0.25, -0.2) is 4.79 Å². The number of phenols is 1. The van der Waals surface area contributed by atoms with Crippen LogP contribution in [0.15, 0.2) is 124 Å². The standard InChI is InChI=1S/C53H60N6O8S/c1-2-14-48(62)54-26-13-5-3-4-12-19-49(63)58-38(29-35-15-8-6-9-16-35)34-57-45(30-36-17-10-7-11-18-36)51(64)55-27-28-56-53(68)59-37-20-23-41(44(31-37)52(65)66)50-42-24-21-39(60)32-46(42)67-47-33-40(61)22-25-43(47)50/h6-11,15-18,20-25,31-33,38,45,57,60H,2-5,12-14,19,26-30,34H2,1H3,(H,54,62)(H,55,64)(H,58,63)(H,65,66)(H2,56,59,68)/t38-,45-/m0/s1. The van der Waals surface area contributed by atoms with Gasteiger partial charge in [0.15, 0.2) is 10.5 Å². The number of amides is 3. The summed E-state index contributed by atoms with van der Waals surface area (Å²) >= 11 is 5.56. The smallest absolute Gasteiger partial charge is 0.336 e. The van der Waals surface area contributed by atoms with Gasteiger partial charge in [0.2, 0.25) is 17.7 Å². The SMILES string of the molecule is CCCC(=O)NCCCCCCCC(=O)N[C@H](CN[C@@H](Cc1ccccc1)C(=O)NCCNC(=S)Nc1ccc(-c2c3ccc(=O)cc-3oc3cc(O)ccc23)c(C(=O)O)c1)Cc1ccccc1. The van der Waals surface area contributed by atoms with Crippen molar-refractivity contribution in [1.29, 1.82) is 0 Å². The predicted molar refractivity (Wildman–Crippen MR) is 270 cm³/mol. The average Bonchev–Trinajstić information content (AvgIpc) is 3.32. The zero-order valence-corrected chi connectivity index (χ0v) is 39.1. The van der Waals surface area contributed by atoms with E-state index in [1.165, 1.54) is 30.3 Å². The first-order valence-electron chi connectivity index (χ1n) is 23.2. The van der Waals surface area contributed by atoms with Gasteiger partial charge in [-0.2, -0.15) is 0 Å². The summed E-state index contributed by atoms with van der Waals surface area (Å²) in [4.78, 5) is 63.6. The fourth-order valence-electron chi connectivity index (χ4n) is 8.08. The minimum Gasteiger partial charge on any atom is -0.508 e. The number of carbonyl (C=O) groups is 4. The molecule has 1 aliphatic carbocycles. The van der Waals surface area contributed by atoms with Crippen molar-refractivity contribution >= 4 is 57.7 Å². The van der Waals surface area contributed by atoms with Crippen molar-refractivity contribution in [2.75, 3.05) is 31.5 Å². The molecule has 0 spiro atoms. The van der Waals surface area contributed by atoms with Crippen LogP contribution in [0.5, 0.6) is 5.75 Å². The molecule has 0 saturated heterocycles. The molecule has 1 aliphatic heterocycles. The molecular formula is C53H60N6O8S. The van der Waals surface area contributed by atoms with E-state index < -0.39 is 12.0 Å². The topological polar surface area (TPSA) is 211 Å². The van der Waals surface area contributed by atoms with Crippen molar-refractivity contribution in [3.05, 3.63) is 142 Å². The highest BCUT2D eigenvalue weighted by atomic mass is 32.1. The van der Waals surface area contributed by atoms with E-state index in [-0.39, 0.29) is 70.1 Å². The van der Waals surface area contributed by atoms with Gasteiger partial charge in [-0.15, -0.1) is 0 Å². The molecule has 356 valence electrons. The fraction of sp³-hybridized carbons (Fsp3) is 0.321. The van der Waals surface area contributed by atoms with Crippen LogP contribution in [0.3, 0.4) is 0 Å². The Morgan fingerprint density at radius 3 is 2.12 bits per heavy atom. The van der Waals surface area contributed by atoms with Gasteiger partial charge < -0.3 is 46.5 Å². The third-order valence-electron chi connectivity index (χ3n) is 11.4. The summed E-state index contributed by atoms with van der Waals surface area (Å²) in [5, 5.41) is 40.0. The molecule has 8 N–H and O–H groups in total. The van der Waals surface area contributed by atoms with Crippen molar-refractivity contribution < 1.29 is 33.8 Å². The molecule has 1 heterocycles. The maximum atomic E-state index is 13.8. The highest BCUT2D eigenvalue weighted by molar-refractivity contribution is 7.80. The van der Waals surface area contributed by atoms with Gasteiger partial charge in [0.05, 0.1) is 11.6 Å². The molecule has 68 heavy (non-hydrogen) atoms. The highest BCUT2D eigenvalue weighted by Crippen LogP contribution is 2.42. The summed E-state index contributed by atoms with van der Waals surface area (Å²) in [6.07, 6.45) is 7.39. The third-order valence-corrected chi connectivity index (χ3v) is 11.7. The van der Waals surface area contributed by atoms with Crippen molar-refractivity contribution in [3.63, 3.8) is 0 Å². The Hall–Kier alpha value is -7.10. The number of anilines is 1. The summed E-state index contributed by atoms with van der Waals surface area (Å²) in [7, 11) is 0. The number of benzene rings is 5. The number of thiocarbonyl (C=S) groups is 1. The number of fused-ring (bicyclic) bond motifs is 2. The molecule has 0 unspecified atom stereocenters. The Balaban J connectivity index is 1.03. The second kappa shape index (κ2) is 25.7. The van der Waals surface area contributed by atoms with E-state index >= 15 is 0 Å². The van der Waals surface area contributed by atoms with Crippen molar-refractivity contribution in [2.45, 2.75) is 83.2 Å². The van der Waals surface area contributed by atoms with E-state index in [4.69, 9.17) is 16.6 Å². The van der Waals surface area contributed by atoms with Crippen molar-refractivity contribution in [1.82, 2.24) is 26.6 Å². The second-order valence-electron chi connectivity index (χ2n) is 16.8. The van der Waals surface area contributed by atoms with Crippen molar-refractivity contribution in [2.24, 2.45) is 0 Å². The van der Waals surface area contributed by atoms with Gasteiger partial charge in [-0.3, -0.25) is 19.2 Å². The average molecular weight is 941 g/mol. The van der Waals surface area contributed by atoms with Crippen LogP contribution >= 0.6 is 12.2 Å². The van der Waals surface area contributed by atoms with E-state index in [1.807, 2.05) is 67.6 Å². The van der Waals surface area contributed by atoms with Crippen LogP contribution in [-0.4, -0.2) is 77.3 Å². The molecule has 4 aromatic rings. The zero-order valence-electron chi connectivity index (χ0n) is 38.3. The molecular weight excluding hydrogens is 881 g/mol. The van der Waals surface area contributed by atoms with E-state index in [9.17, 15) is 34.2 Å². The fourth-order valence-corrected chi connectivity index (χ4v) is 8.30. The van der Waals surface area contributed by atoms with Crippen LogP contribution in [0, 0.1) is 0 Å². The lowest BCUT2D eigenvalue weighted by Gasteiger charge is -2.24. The maximum absolute atomic E-state index is 13.8. The number of hydrogen-bond acceptors (Lipinski definition) is 9. The molecule has 4 aromatic carbocycles. The number of unbranched alkanes of at least 4 members (excludes halogenated alkanes) is 4. The van der Waals surface area contributed by atoms with Gasteiger partial charge >= 0.3 is 5.97 Å². The lowest BCUT2D eigenvalue weighted by Crippen LogP contribution is -2.52. The first-order valence-corrected chi connectivity index (χ1v) is 23.7. The monoisotopic (exact) mass is 940 g/mol. The third kappa shape index (κ3) is 15.2. The Kier molecular flexibility index (Phi) is 19.0. The number of carboxylic acid groups (broad SMARTS) is 1. The number of phenolic OH excluding ortho intramolecular Hbond substituents is 1. The van der Waals surface area contributed by atoms with E-state index in [0.717, 1.165) is 49.7 Å². The molecule has 6 rings (SSSR count). The lowest BCUT2D eigenvalue weighted by molar-refractivity contribution is -0.123. The van der Waals surface area contributed by atoms with Gasteiger partial charge in [0.1, 0.15) is 17.1 Å². The van der Waals surface area contributed by atoms with Crippen LogP contribution in [0.25, 0.3) is 33.4 Å². The lowest BCUT2D eigenvalue weighted by atomic mass is 9.90. The first kappa shape index (κ1) is 50.3. The largest absolute Gasteiger partial charge is 0.508 e. The molecule has 2 atom stereocenters. The summed E-state index contributed by atoms with van der Waals surface area (Å²) < 4.78 is 5.94. The molecule has 2 aliphatic rings. The molecule has 3 amide bonds. The molecule has 0 saturated carbocycles. The number of rotatable bonds is 25. The first-order chi connectivity index (χ1) is 33.0. The number of carbonyl (C=O) groups excluding carboxylic acids is 3. The predicted octanol–water partition coefficient (Wildman–Crippen LogP) is 7.56. The second-order valence-corrected chi connectivity index (χ2v) is 17.2. The van der Waals surface area contributed by atoms with Gasteiger partial charge in [0, 0.05) is 79.4 Å². The molecule has 0 aromatic heterocycles. The number of nitrogens with one attached hydrogen (secondary N) is 6. The Bertz CT molecular complexity index is 2680. The number of hydrogen-bond donors (Lipinski definition) is 8. The summed E-state index contributed by atoms with van der Waals surface area (Å²) in [5.74, 6) is -1.15. The Labute approximate surface area is 401 Å². The quantitative estimate of drug-likeness (QED) is 0.0159. The van der Waals surface area contributed by atoms with Crippen LogP contribution < -0.4 is 37.3 Å². The highest BCUT2D eigenvalue weighted by Gasteiger charge is 2.24. The van der Waals surface area contributed by atoms with Crippen LogP contribution in [-0.2, 0) is 27.2 Å². The van der Waals surface area contributed by atoms with E-state index in [2.05, 4.69) is 31.9 Å². The van der Waals surface area contributed by atoms with E-state index in [0.29, 0.717) is 66.5 Å². The molecule has 0 fully saturated rings. The summed E-state index contributed by atoms with van der Waals surface area (Å²) in [6.45, 7) is 3.52. The van der Waals surface area contributed by atoms with Crippen LogP contribution in [0.1, 0.15) is 79.8 Å².